The van der Waals surface area contributed by atoms with Gasteiger partial charge in [0, 0.05) is 52.4 Å². The lowest BCUT2D eigenvalue weighted by Crippen LogP contribution is -2.43. The summed E-state index contributed by atoms with van der Waals surface area (Å²) >= 11 is 0. The van der Waals surface area contributed by atoms with E-state index >= 15 is 0 Å². The maximum atomic E-state index is 13.4. The maximum Gasteiger partial charge on any atom is 0.334 e. The zero-order chi connectivity index (χ0) is 31.4. The molecule has 1 saturated heterocycles. The highest BCUT2D eigenvalue weighted by atomic mass is 16.4. The highest BCUT2D eigenvalue weighted by Gasteiger charge is 2.29. The summed E-state index contributed by atoms with van der Waals surface area (Å²) in [5.41, 5.74) is 2.84. The van der Waals surface area contributed by atoms with Crippen LogP contribution in [-0.2, 0) is 18.3 Å². The van der Waals surface area contributed by atoms with Gasteiger partial charge in [0.25, 0.3) is 0 Å². The minimum absolute atomic E-state index is 0.133. The fourth-order valence-electron chi connectivity index (χ4n) is 5.60. The van der Waals surface area contributed by atoms with Gasteiger partial charge in [-0.25, -0.2) is 28.9 Å². The van der Waals surface area contributed by atoms with Crippen LogP contribution in [0.5, 0.6) is 0 Å². The van der Waals surface area contributed by atoms with Crippen molar-refractivity contribution in [3.8, 4) is 5.69 Å². The van der Waals surface area contributed by atoms with Crippen molar-refractivity contribution in [3.63, 3.8) is 0 Å². The first-order chi connectivity index (χ1) is 21.3. The van der Waals surface area contributed by atoms with Crippen LogP contribution in [0.15, 0.2) is 53.6 Å². The van der Waals surface area contributed by atoms with Crippen LogP contribution in [-0.4, -0.2) is 84.9 Å². The van der Waals surface area contributed by atoms with Crippen LogP contribution < -0.4 is 20.8 Å². The molecule has 0 aliphatic carbocycles. The topological polar surface area (TPSA) is 142 Å². The second-order valence-electron chi connectivity index (χ2n) is 10.7. The van der Waals surface area contributed by atoms with Crippen LogP contribution in [0.4, 0.5) is 22.2 Å². The number of nitrogens with zero attached hydrogens (tertiary/aromatic N) is 8. The van der Waals surface area contributed by atoms with Crippen molar-refractivity contribution in [3.05, 3.63) is 64.8 Å². The van der Waals surface area contributed by atoms with Crippen LogP contribution in [0.25, 0.3) is 16.9 Å². The second-order valence-corrected chi connectivity index (χ2v) is 10.7. The first-order valence-corrected chi connectivity index (χ1v) is 15.1. The lowest BCUT2D eigenvalue weighted by molar-refractivity contribution is -0.137. The number of urea groups is 1. The van der Waals surface area contributed by atoms with Crippen LogP contribution in [0.2, 0.25) is 0 Å². The fraction of sp³-hybridized carbons (Fsp3) is 0.419. The zero-order valence-electron chi connectivity index (χ0n) is 25.6. The molecule has 1 aromatic carbocycles. The van der Waals surface area contributed by atoms with E-state index in [9.17, 15) is 19.5 Å². The number of fused-ring (bicyclic) bond motifs is 1. The molecule has 5 rings (SSSR count). The smallest absolute Gasteiger partial charge is 0.334 e. The summed E-state index contributed by atoms with van der Waals surface area (Å²) in [4.78, 5) is 58.0. The van der Waals surface area contributed by atoms with Crippen molar-refractivity contribution in [1.29, 1.82) is 0 Å². The number of imidazole rings is 1. The summed E-state index contributed by atoms with van der Waals surface area (Å²) in [6, 6.07) is 9.59. The van der Waals surface area contributed by atoms with Crippen molar-refractivity contribution in [1.82, 2.24) is 29.0 Å². The number of hydrogen-bond donors (Lipinski definition) is 2. The van der Waals surface area contributed by atoms with E-state index < -0.39 is 12.0 Å². The molecule has 2 amide bonds. The Bertz CT molecular complexity index is 1690. The lowest BCUT2D eigenvalue weighted by Gasteiger charge is -2.29. The number of hydrogen-bond acceptors (Lipinski definition) is 8. The molecule has 4 aromatic rings. The molecule has 44 heavy (non-hydrogen) atoms. The molecule has 1 aliphatic rings. The number of carbonyl (C=O) groups is 2. The molecular formula is C31H39N9O4. The molecule has 4 heterocycles. The molecule has 3 aromatic heterocycles. The van der Waals surface area contributed by atoms with E-state index in [1.165, 1.54) is 4.57 Å². The maximum absolute atomic E-state index is 13.4. The molecule has 1 aliphatic heterocycles. The van der Waals surface area contributed by atoms with Crippen LogP contribution in [0.3, 0.4) is 0 Å². The Kier molecular flexibility index (Phi) is 9.12. The molecular weight excluding hydrogens is 562 g/mol. The van der Waals surface area contributed by atoms with Gasteiger partial charge in [-0.15, -0.1) is 0 Å². The van der Waals surface area contributed by atoms with Crippen LogP contribution in [0.1, 0.15) is 39.2 Å². The number of anilines is 3. The Morgan fingerprint density at radius 2 is 1.73 bits per heavy atom. The second kappa shape index (κ2) is 13.1. The SMILES string of the molecule is CCN(CC)c1ncc(N(CC)C(=O)N2CCCC2)c(N[C@@H](Cc2ccc(-n3c(=O)n(C)c4cccnc43)cc2)C(=O)O)n1. The quantitative estimate of drug-likeness (QED) is 0.264. The van der Waals surface area contributed by atoms with Gasteiger partial charge in [-0.1, -0.05) is 12.1 Å². The summed E-state index contributed by atoms with van der Waals surface area (Å²) in [7, 11) is 1.70. The summed E-state index contributed by atoms with van der Waals surface area (Å²) in [6.07, 6.45) is 5.29. The van der Waals surface area contributed by atoms with E-state index in [-0.39, 0.29) is 24.0 Å². The third-order valence-corrected chi connectivity index (χ3v) is 8.08. The van der Waals surface area contributed by atoms with Gasteiger partial charge in [0.15, 0.2) is 11.5 Å². The number of nitrogens with one attached hydrogen (secondary N) is 1. The average molecular weight is 602 g/mol. The van der Waals surface area contributed by atoms with Crippen LogP contribution >= 0.6 is 0 Å². The van der Waals surface area contributed by atoms with Crippen molar-refractivity contribution in [2.45, 2.75) is 46.1 Å². The molecule has 0 radical (unpaired) electrons. The highest BCUT2D eigenvalue weighted by molar-refractivity contribution is 5.95. The number of aryl methyl sites for hydroxylation is 1. The molecule has 232 valence electrons. The molecule has 0 saturated carbocycles. The Balaban J connectivity index is 1.45. The van der Waals surface area contributed by atoms with Gasteiger partial charge in [-0.3, -0.25) is 9.47 Å². The number of benzene rings is 1. The number of aliphatic carboxylic acids is 1. The van der Waals surface area contributed by atoms with Gasteiger partial charge >= 0.3 is 17.7 Å². The number of likely N-dealkylation sites (tertiary alicyclic amines) is 1. The van der Waals surface area contributed by atoms with Gasteiger partial charge in [-0.05, 0) is 63.4 Å². The summed E-state index contributed by atoms with van der Waals surface area (Å²) < 4.78 is 3.07. The van der Waals surface area contributed by atoms with Gasteiger partial charge in [-0.2, -0.15) is 4.98 Å². The number of pyridine rings is 1. The van der Waals surface area contributed by atoms with Crippen LogP contribution in [0, 0.1) is 0 Å². The van der Waals surface area contributed by atoms with Gasteiger partial charge in [0.2, 0.25) is 5.95 Å². The normalized spacial score (nSPS) is 13.7. The summed E-state index contributed by atoms with van der Waals surface area (Å²) in [5.74, 6) is -0.325. The number of carboxylic acids is 1. The number of rotatable bonds is 11. The molecule has 0 unspecified atom stereocenters. The monoisotopic (exact) mass is 601 g/mol. The zero-order valence-corrected chi connectivity index (χ0v) is 25.6. The van der Waals surface area contributed by atoms with E-state index in [1.807, 2.05) is 31.7 Å². The minimum atomic E-state index is -1.06. The third kappa shape index (κ3) is 5.94. The largest absolute Gasteiger partial charge is 0.480 e. The van der Waals surface area contributed by atoms with E-state index in [2.05, 4.69) is 15.3 Å². The minimum Gasteiger partial charge on any atom is -0.480 e. The molecule has 0 bridgehead atoms. The molecule has 0 spiro atoms. The average Bonchev–Trinajstić information content (AvgIpc) is 3.66. The molecule has 1 fully saturated rings. The standard InChI is InChI=1S/C31H39N9O4/c1-5-37(6-2)29-33-20-25(39(7-3)31(44)38-17-8-9-18-38)26(35-29)34-23(28(41)42)19-21-12-14-22(15-13-21)40-27-24(11-10-16-32-27)36(4)30(40)43/h10-16,20,23H,5-9,17-19H2,1-4H3,(H,41,42)(H,33,34,35)/t23-/m0/s1. The van der Waals surface area contributed by atoms with Crippen molar-refractivity contribution < 1.29 is 14.7 Å². The summed E-state index contributed by atoms with van der Waals surface area (Å²) in [5, 5.41) is 13.4. The number of aromatic nitrogens is 5. The van der Waals surface area contributed by atoms with Gasteiger partial charge in [0.1, 0.15) is 11.7 Å². The molecule has 1 atom stereocenters. The predicted molar refractivity (Wildman–Crippen MR) is 170 cm³/mol. The van der Waals surface area contributed by atoms with E-state index in [0.717, 1.165) is 18.4 Å². The van der Waals surface area contributed by atoms with Crippen molar-refractivity contribution in [2.24, 2.45) is 7.05 Å². The first kappa shape index (κ1) is 30.5. The number of amides is 2. The highest BCUT2D eigenvalue weighted by Crippen LogP contribution is 2.29. The predicted octanol–water partition coefficient (Wildman–Crippen LogP) is 3.51. The molecule has 13 nitrogen and oxygen atoms in total. The van der Waals surface area contributed by atoms with Crippen molar-refractivity contribution in [2.75, 3.05) is 47.8 Å². The van der Waals surface area contributed by atoms with Gasteiger partial charge < -0.3 is 20.2 Å². The van der Waals surface area contributed by atoms with Gasteiger partial charge in [0.05, 0.1) is 17.4 Å². The Morgan fingerprint density at radius 1 is 1.02 bits per heavy atom. The molecule has 2 N–H and O–H groups in total. The Morgan fingerprint density at radius 3 is 2.36 bits per heavy atom. The number of carbonyl (C=O) groups excluding carboxylic acids is 1. The number of carboxylic acid groups (broad SMARTS) is 1. The van der Waals surface area contributed by atoms with E-state index in [4.69, 9.17) is 4.98 Å². The lowest BCUT2D eigenvalue weighted by atomic mass is 10.1. The fourth-order valence-corrected chi connectivity index (χ4v) is 5.60. The summed E-state index contributed by atoms with van der Waals surface area (Å²) in [6.45, 7) is 8.95. The Hall–Kier alpha value is -4.94. The first-order valence-electron chi connectivity index (χ1n) is 15.1. The Labute approximate surface area is 255 Å². The molecule has 13 heteroatoms. The van der Waals surface area contributed by atoms with E-state index in [1.54, 1.807) is 64.1 Å². The van der Waals surface area contributed by atoms with Crippen molar-refractivity contribution >= 4 is 40.6 Å². The van der Waals surface area contributed by atoms with E-state index in [0.29, 0.717) is 61.2 Å². The third-order valence-electron chi connectivity index (χ3n) is 8.08.